The van der Waals surface area contributed by atoms with Crippen LogP contribution in [0.3, 0.4) is 0 Å². The Balaban J connectivity index is 1.56. The maximum absolute atomic E-state index is 14.2. The lowest BCUT2D eigenvalue weighted by atomic mass is 9.96. The molecule has 0 N–H and O–H groups in total. The third kappa shape index (κ3) is 4.20. The van der Waals surface area contributed by atoms with Crippen LogP contribution in [-0.2, 0) is 11.8 Å². The highest BCUT2D eigenvalue weighted by Crippen LogP contribution is 2.45. The number of benzene rings is 1. The number of aryl methyl sites for hydroxylation is 1. The number of thiophene rings is 1. The van der Waals surface area contributed by atoms with E-state index in [1.807, 2.05) is 22.3 Å². The number of carbonyl (C=O) groups is 1. The van der Waals surface area contributed by atoms with Crippen LogP contribution < -0.4 is 10.3 Å². The lowest BCUT2D eigenvalue weighted by molar-refractivity contribution is -0.131. The van der Waals surface area contributed by atoms with Gasteiger partial charge in [0, 0.05) is 70.8 Å². The van der Waals surface area contributed by atoms with Gasteiger partial charge in [0.25, 0.3) is 5.56 Å². The van der Waals surface area contributed by atoms with Gasteiger partial charge in [-0.2, -0.15) is 10.2 Å². The Kier molecular flexibility index (Phi) is 6.07. The molecule has 0 atom stereocenters. The number of likely N-dealkylation sites (tertiary alicyclic amines) is 1. The lowest BCUT2D eigenvalue weighted by Crippen LogP contribution is -2.50. The number of rotatable bonds is 6. The van der Waals surface area contributed by atoms with Crippen LogP contribution in [0.5, 0.6) is 5.75 Å². The van der Waals surface area contributed by atoms with E-state index in [1.165, 1.54) is 47.4 Å². The molecule has 0 saturated carbocycles. The number of hydrogen-bond acceptors (Lipinski definition) is 7. The SMILES string of the molecule is C=CC(=O)N1CC(n2cc(-c3nc(-c4cnn(C)c(=O)c4)c4ccsc4c3-c3ccc(F)cc3OC)cn2)C1. The van der Waals surface area contributed by atoms with Crippen LogP contribution >= 0.6 is 11.3 Å². The van der Waals surface area contributed by atoms with Crippen molar-refractivity contribution >= 4 is 27.3 Å². The van der Waals surface area contributed by atoms with Gasteiger partial charge in [0.2, 0.25) is 5.91 Å². The largest absolute Gasteiger partial charge is 0.496 e. The first-order valence-electron chi connectivity index (χ1n) is 12.1. The number of methoxy groups -OCH3 is 1. The smallest absolute Gasteiger partial charge is 0.267 e. The standard InChI is InChI=1S/C28H23FN6O3S/c1-4-23(36)34-14-19(15-34)35-13-17(12-31-35)27-25(20-6-5-18(29)10-22(20)38-3)28-21(7-8-39-28)26(32-27)16-9-24(37)33(2)30-11-16/h4-13,19H,1,14-15H2,2-3H3. The number of aromatic nitrogens is 5. The van der Waals surface area contributed by atoms with Gasteiger partial charge in [0.05, 0.1) is 36.9 Å². The molecule has 0 unspecified atom stereocenters. The van der Waals surface area contributed by atoms with Crippen LogP contribution in [0.2, 0.25) is 0 Å². The zero-order chi connectivity index (χ0) is 27.3. The molecule has 11 heteroatoms. The van der Waals surface area contributed by atoms with Gasteiger partial charge in [-0.25, -0.2) is 14.1 Å². The average Bonchev–Trinajstić information content (AvgIpc) is 3.59. The van der Waals surface area contributed by atoms with E-state index < -0.39 is 5.82 Å². The fraction of sp³-hybridized carbons (Fsp3) is 0.179. The third-order valence-corrected chi connectivity index (χ3v) is 7.81. The summed E-state index contributed by atoms with van der Waals surface area (Å²) in [6.07, 6.45) is 6.55. The molecular weight excluding hydrogens is 519 g/mol. The summed E-state index contributed by atoms with van der Waals surface area (Å²) in [6, 6.07) is 7.91. The van der Waals surface area contributed by atoms with Crippen LogP contribution in [-0.4, -0.2) is 55.6 Å². The number of carbonyl (C=O) groups excluding carboxylic acids is 1. The van der Waals surface area contributed by atoms with Crippen LogP contribution in [0.1, 0.15) is 6.04 Å². The Labute approximate surface area is 226 Å². The summed E-state index contributed by atoms with van der Waals surface area (Å²) in [4.78, 5) is 31.1. The van der Waals surface area contributed by atoms with Crippen LogP contribution in [0.15, 0.2) is 71.8 Å². The summed E-state index contributed by atoms with van der Waals surface area (Å²) < 4.78 is 23.7. The molecule has 5 heterocycles. The van der Waals surface area contributed by atoms with E-state index in [-0.39, 0.29) is 17.5 Å². The molecule has 196 valence electrons. The molecule has 4 aromatic heterocycles. The van der Waals surface area contributed by atoms with Crippen molar-refractivity contribution in [1.29, 1.82) is 0 Å². The molecule has 1 fully saturated rings. The lowest BCUT2D eigenvalue weighted by Gasteiger charge is -2.38. The molecular formula is C28H23FN6O3S. The normalized spacial score (nSPS) is 13.5. The second-order valence-corrected chi connectivity index (χ2v) is 10.1. The van der Waals surface area contributed by atoms with Crippen molar-refractivity contribution in [3.05, 3.63) is 83.1 Å². The van der Waals surface area contributed by atoms with Crippen LogP contribution in [0.25, 0.3) is 43.7 Å². The molecule has 1 amide bonds. The maximum atomic E-state index is 14.2. The van der Waals surface area contributed by atoms with E-state index in [1.54, 1.807) is 30.4 Å². The molecule has 0 bridgehead atoms. The summed E-state index contributed by atoms with van der Waals surface area (Å²) in [7, 11) is 3.09. The first-order chi connectivity index (χ1) is 18.9. The minimum atomic E-state index is -0.410. The molecule has 5 aromatic rings. The number of halogens is 1. The number of ether oxygens (including phenoxy) is 1. The molecule has 1 aliphatic heterocycles. The van der Waals surface area contributed by atoms with E-state index in [9.17, 15) is 14.0 Å². The second-order valence-electron chi connectivity index (χ2n) is 9.21. The van der Waals surface area contributed by atoms with Crippen molar-refractivity contribution in [2.24, 2.45) is 7.05 Å². The number of nitrogens with zero attached hydrogens (tertiary/aromatic N) is 6. The second kappa shape index (κ2) is 9.59. The monoisotopic (exact) mass is 542 g/mol. The molecule has 0 aliphatic carbocycles. The fourth-order valence-electron chi connectivity index (χ4n) is 4.77. The van der Waals surface area contributed by atoms with Gasteiger partial charge >= 0.3 is 0 Å². The zero-order valence-corrected chi connectivity index (χ0v) is 22.0. The molecule has 1 saturated heterocycles. The van der Waals surface area contributed by atoms with Crippen molar-refractivity contribution in [1.82, 2.24) is 29.4 Å². The summed E-state index contributed by atoms with van der Waals surface area (Å²) in [5.74, 6) is -0.145. The van der Waals surface area contributed by atoms with E-state index in [0.29, 0.717) is 41.4 Å². The minimum absolute atomic E-state index is 0.0257. The van der Waals surface area contributed by atoms with E-state index in [2.05, 4.69) is 16.8 Å². The van der Waals surface area contributed by atoms with Gasteiger partial charge in [-0.3, -0.25) is 14.3 Å². The highest BCUT2D eigenvalue weighted by molar-refractivity contribution is 7.18. The highest BCUT2D eigenvalue weighted by Gasteiger charge is 2.32. The summed E-state index contributed by atoms with van der Waals surface area (Å²) in [6.45, 7) is 4.61. The molecule has 1 aliphatic rings. The molecule has 0 radical (unpaired) electrons. The van der Waals surface area contributed by atoms with Gasteiger partial charge in [-0.15, -0.1) is 11.3 Å². The fourth-order valence-corrected chi connectivity index (χ4v) is 5.72. The van der Waals surface area contributed by atoms with Crippen molar-refractivity contribution in [2.75, 3.05) is 20.2 Å². The number of fused-ring (bicyclic) bond motifs is 1. The third-order valence-electron chi connectivity index (χ3n) is 6.88. The van der Waals surface area contributed by atoms with Crippen molar-refractivity contribution in [2.45, 2.75) is 6.04 Å². The highest BCUT2D eigenvalue weighted by atomic mass is 32.1. The van der Waals surface area contributed by atoms with Gasteiger partial charge in [-0.1, -0.05) is 6.58 Å². The summed E-state index contributed by atoms with van der Waals surface area (Å²) in [5, 5.41) is 11.6. The Morgan fingerprint density at radius 3 is 2.69 bits per heavy atom. The Hall–Kier alpha value is -4.64. The number of amides is 1. The average molecular weight is 543 g/mol. The topological polar surface area (TPSA) is 95.1 Å². The van der Waals surface area contributed by atoms with E-state index in [4.69, 9.17) is 9.72 Å². The first kappa shape index (κ1) is 24.7. The molecule has 9 nitrogen and oxygen atoms in total. The summed E-state index contributed by atoms with van der Waals surface area (Å²) in [5.41, 5.74) is 3.74. The molecule has 6 rings (SSSR count). The van der Waals surface area contributed by atoms with Crippen LogP contribution in [0.4, 0.5) is 4.39 Å². The van der Waals surface area contributed by atoms with Crippen molar-refractivity contribution in [3.63, 3.8) is 0 Å². The van der Waals surface area contributed by atoms with Gasteiger partial charge in [0.1, 0.15) is 11.6 Å². The van der Waals surface area contributed by atoms with Crippen molar-refractivity contribution < 1.29 is 13.9 Å². The van der Waals surface area contributed by atoms with Gasteiger partial charge in [-0.05, 0) is 29.7 Å². The zero-order valence-electron chi connectivity index (χ0n) is 21.2. The minimum Gasteiger partial charge on any atom is -0.496 e. The van der Waals surface area contributed by atoms with Gasteiger partial charge in [0.15, 0.2) is 0 Å². The van der Waals surface area contributed by atoms with E-state index >= 15 is 0 Å². The number of hydrogen-bond donors (Lipinski definition) is 0. The van der Waals surface area contributed by atoms with Crippen LogP contribution in [0, 0.1) is 5.82 Å². The Morgan fingerprint density at radius 2 is 1.95 bits per heavy atom. The Bertz CT molecular complexity index is 1820. The predicted octanol–water partition coefficient (Wildman–Crippen LogP) is 4.30. The molecule has 1 aromatic carbocycles. The number of pyridine rings is 1. The maximum Gasteiger partial charge on any atom is 0.267 e. The first-order valence-corrected chi connectivity index (χ1v) is 13.0. The van der Waals surface area contributed by atoms with Crippen molar-refractivity contribution in [3.8, 4) is 39.4 Å². The quantitative estimate of drug-likeness (QED) is 0.297. The summed E-state index contributed by atoms with van der Waals surface area (Å²) >= 11 is 1.52. The Morgan fingerprint density at radius 1 is 1.15 bits per heavy atom. The van der Waals surface area contributed by atoms with E-state index in [0.717, 1.165) is 21.2 Å². The predicted molar refractivity (Wildman–Crippen MR) is 147 cm³/mol. The molecule has 0 spiro atoms. The molecule has 39 heavy (non-hydrogen) atoms. The van der Waals surface area contributed by atoms with Gasteiger partial charge < -0.3 is 9.64 Å².